The lowest BCUT2D eigenvalue weighted by Gasteiger charge is -2.23. The van der Waals surface area contributed by atoms with Gasteiger partial charge < -0.3 is 5.11 Å². The van der Waals surface area contributed by atoms with Gasteiger partial charge >= 0.3 is 5.91 Å². The van der Waals surface area contributed by atoms with Gasteiger partial charge in [-0.05, 0) is 42.3 Å². The lowest BCUT2D eigenvalue weighted by atomic mass is 9.95. The molecule has 0 radical (unpaired) electrons. The van der Waals surface area contributed by atoms with E-state index < -0.39 is 23.5 Å². The molecule has 1 saturated heterocycles. The minimum Gasteiger partial charge on any atom is -0.507 e. The van der Waals surface area contributed by atoms with Crippen LogP contribution in [0.15, 0.2) is 78.4 Å². The van der Waals surface area contributed by atoms with Crippen LogP contribution in [-0.2, 0) is 9.59 Å². The first-order valence-electron chi connectivity index (χ1n) is 9.93. The van der Waals surface area contributed by atoms with Gasteiger partial charge in [0.2, 0.25) is 0 Å². The predicted octanol–water partition coefficient (Wildman–Crippen LogP) is 5.37. The first-order chi connectivity index (χ1) is 15.4. The van der Waals surface area contributed by atoms with E-state index in [1.807, 2.05) is 25.1 Å². The first kappa shape index (κ1) is 20.1. The van der Waals surface area contributed by atoms with Crippen molar-refractivity contribution in [2.45, 2.75) is 13.0 Å². The van der Waals surface area contributed by atoms with Gasteiger partial charge in [0, 0.05) is 5.56 Å². The molecule has 0 saturated carbocycles. The second kappa shape index (κ2) is 7.69. The Morgan fingerprint density at radius 2 is 1.75 bits per heavy atom. The van der Waals surface area contributed by atoms with Crippen molar-refractivity contribution in [3.63, 3.8) is 0 Å². The molecule has 0 aliphatic carbocycles. The molecule has 2 heterocycles. The summed E-state index contributed by atoms with van der Waals surface area (Å²) in [6.07, 6.45) is 0. The van der Waals surface area contributed by atoms with Crippen molar-refractivity contribution >= 4 is 44.1 Å². The van der Waals surface area contributed by atoms with E-state index in [2.05, 4.69) is 4.98 Å². The quantitative estimate of drug-likeness (QED) is 0.262. The Morgan fingerprint density at radius 3 is 2.47 bits per heavy atom. The van der Waals surface area contributed by atoms with E-state index in [0.717, 1.165) is 10.3 Å². The van der Waals surface area contributed by atoms with E-state index in [4.69, 9.17) is 0 Å². The van der Waals surface area contributed by atoms with E-state index in [1.54, 1.807) is 30.3 Å². The maximum absolute atomic E-state index is 13.6. The molecule has 0 unspecified atom stereocenters. The number of amides is 1. The molecule has 5 rings (SSSR count). The normalized spacial score (nSPS) is 17.9. The molecule has 158 valence electrons. The van der Waals surface area contributed by atoms with Crippen LogP contribution < -0.4 is 4.90 Å². The fourth-order valence-corrected chi connectivity index (χ4v) is 4.95. The molecular weight excluding hydrogens is 427 g/mol. The number of ketones is 1. The van der Waals surface area contributed by atoms with Crippen molar-refractivity contribution in [3.8, 4) is 0 Å². The number of aromatic nitrogens is 1. The van der Waals surface area contributed by atoms with Crippen LogP contribution in [0.3, 0.4) is 0 Å². The van der Waals surface area contributed by atoms with E-state index >= 15 is 0 Å². The van der Waals surface area contributed by atoms with Gasteiger partial charge in [-0.25, -0.2) is 9.37 Å². The maximum Gasteiger partial charge on any atom is 0.301 e. The summed E-state index contributed by atoms with van der Waals surface area (Å²) in [4.78, 5) is 32.2. The molecule has 7 heteroatoms. The predicted molar refractivity (Wildman–Crippen MR) is 122 cm³/mol. The molecule has 1 amide bonds. The number of hydrogen-bond donors (Lipinski definition) is 1. The Kier molecular flexibility index (Phi) is 4.83. The molecule has 32 heavy (non-hydrogen) atoms. The average molecular weight is 444 g/mol. The van der Waals surface area contributed by atoms with E-state index in [9.17, 15) is 19.1 Å². The van der Waals surface area contributed by atoms with Gasteiger partial charge in [0.1, 0.15) is 11.6 Å². The number of aryl methyl sites for hydroxylation is 1. The molecule has 1 aliphatic heterocycles. The van der Waals surface area contributed by atoms with E-state index in [0.29, 0.717) is 21.8 Å². The van der Waals surface area contributed by atoms with Gasteiger partial charge in [-0.15, -0.1) is 0 Å². The molecule has 4 aromatic rings. The Labute approximate surface area is 187 Å². The van der Waals surface area contributed by atoms with Gasteiger partial charge in [0.15, 0.2) is 5.13 Å². The number of thiazole rings is 1. The van der Waals surface area contributed by atoms with Crippen LogP contribution in [0.4, 0.5) is 9.52 Å². The summed E-state index contributed by atoms with van der Waals surface area (Å²) < 4.78 is 14.5. The largest absolute Gasteiger partial charge is 0.507 e. The van der Waals surface area contributed by atoms with Gasteiger partial charge in [0.05, 0.1) is 21.8 Å². The molecule has 1 N–H and O–H groups in total. The highest BCUT2D eigenvalue weighted by atomic mass is 32.1. The highest BCUT2D eigenvalue weighted by molar-refractivity contribution is 7.22. The fraction of sp³-hybridized carbons (Fsp3) is 0.0800. The topological polar surface area (TPSA) is 70.5 Å². The highest BCUT2D eigenvalue weighted by Crippen LogP contribution is 2.44. The van der Waals surface area contributed by atoms with Crippen LogP contribution in [0.5, 0.6) is 0 Å². The lowest BCUT2D eigenvalue weighted by Crippen LogP contribution is -2.29. The third kappa shape index (κ3) is 3.27. The summed E-state index contributed by atoms with van der Waals surface area (Å²) in [5, 5.41) is 11.4. The van der Waals surface area contributed by atoms with Crippen molar-refractivity contribution in [2.24, 2.45) is 0 Å². The van der Waals surface area contributed by atoms with Gasteiger partial charge in [0.25, 0.3) is 5.78 Å². The molecule has 1 aliphatic rings. The zero-order valence-corrected chi connectivity index (χ0v) is 17.8. The van der Waals surface area contributed by atoms with Crippen LogP contribution in [-0.4, -0.2) is 21.8 Å². The second-order valence-corrected chi connectivity index (χ2v) is 8.56. The summed E-state index contributed by atoms with van der Waals surface area (Å²) >= 11 is 1.29. The summed E-state index contributed by atoms with van der Waals surface area (Å²) in [6, 6.07) is 18.9. The molecule has 0 spiro atoms. The van der Waals surface area contributed by atoms with Gasteiger partial charge in [-0.2, -0.15) is 0 Å². The SMILES string of the molecule is Cc1ccc2nc(N3C(=O)C(=O)/C(=C(/O)c4ccccc4)[C@H]3c3ccc(F)cc3)sc2c1. The number of rotatable bonds is 3. The molecule has 1 atom stereocenters. The molecule has 1 aromatic heterocycles. The number of hydrogen-bond acceptors (Lipinski definition) is 5. The van der Waals surface area contributed by atoms with Crippen LogP contribution in [0, 0.1) is 12.7 Å². The molecule has 5 nitrogen and oxygen atoms in total. The molecule has 3 aromatic carbocycles. The number of carbonyl (C=O) groups excluding carboxylic acids is 2. The minimum atomic E-state index is -0.933. The van der Waals surface area contributed by atoms with Gasteiger partial charge in [-0.3, -0.25) is 14.5 Å². The van der Waals surface area contributed by atoms with Crippen molar-refractivity contribution in [1.29, 1.82) is 0 Å². The number of aliphatic hydroxyl groups is 1. The van der Waals surface area contributed by atoms with Crippen molar-refractivity contribution < 1.29 is 19.1 Å². The lowest BCUT2D eigenvalue weighted by molar-refractivity contribution is -0.132. The molecule has 0 bridgehead atoms. The monoisotopic (exact) mass is 444 g/mol. The van der Waals surface area contributed by atoms with Crippen LogP contribution >= 0.6 is 11.3 Å². The van der Waals surface area contributed by atoms with Crippen LogP contribution in [0.2, 0.25) is 0 Å². The number of Topliss-reactive ketones (excluding diaryl/α,β-unsaturated/α-hetero) is 1. The smallest absolute Gasteiger partial charge is 0.301 e. The zero-order chi connectivity index (χ0) is 22.4. The third-order valence-electron chi connectivity index (χ3n) is 5.42. The number of fused-ring (bicyclic) bond motifs is 1. The third-order valence-corrected chi connectivity index (χ3v) is 6.43. The van der Waals surface area contributed by atoms with E-state index in [1.165, 1.54) is 40.5 Å². The Hall–Kier alpha value is -3.84. The first-order valence-corrected chi connectivity index (χ1v) is 10.7. The number of aliphatic hydroxyl groups excluding tert-OH is 1. The Balaban J connectivity index is 1.73. The highest BCUT2D eigenvalue weighted by Gasteiger charge is 2.48. The summed E-state index contributed by atoms with van der Waals surface area (Å²) in [5.74, 6) is -2.31. The van der Waals surface area contributed by atoms with E-state index in [-0.39, 0.29) is 11.3 Å². The summed E-state index contributed by atoms with van der Waals surface area (Å²) in [6.45, 7) is 1.96. The fourth-order valence-electron chi connectivity index (χ4n) is 3.86. The Bertz CT molecular complexity index is 1390. The van der Waals surface area contributed by atoms with Crippen molar-refractivity contribution in [3.05, 3.63) is 101 Å². The van der Waals surface area contributed by atoms with Crippen molar-refractivity contribution in [2.75, 3.05) is 4.90 Å². The summed E-state index contributed by atoms with van der Waals surface area (Å²) in [7, 11) is 0. The summed E-state index contributed by atoms with van der Waals surface area (Å²) in [5.41, 5.74) is 2.62. The number of carbonyl (C=O) groups is 2. The second-order valence-electron chi connectivity index (χ2n) is 7.55. The minimum absolute atomic E-state index is 0.0526. The average Bonchev–Trinajstić information content (AvgIpc) is 3.32. The zero-order valence-electron chi connectivity index (χ0n) is 16.9. The Morgan fingerprint density at radius 1 is 1.03 bits per heavy atom. The van der Waals surface area contributed by atoms with Gasteiger partial charge in [-0.1, -0.05) is 59.9 Å². The standard InChI is InChI=1S/C25H17FN2O3S/c1-14-7-12-18-19(13-14)32-25(27-18)28-21(15-8-10-17(26)11-9-15)20(23(30)24(28)31)22(29)16-5-3-2-4-6-16/h2-13,21,29H,1H3/b22-20+/t21-/m1/s1. The molecular formula is C25H17FN2O3S. The van der Waals surface area contributed by atoms with Crippen LogP contribution in [0.1, 0.15) is 22.7 Å². The molecule has 1 fully saturated rings. The number of anilines is 1. The number of benzene rings is 3. The van der Waals surface area contributed by atoms with Crippen LogP contribution in [0.25, 0.3) is 16.0 Å². The number of halogens is 1. The van der Waals surface area contributed by atoms with Crippen molar-refractivity contribution in [1.82, 2.24) is 4.98 Å². The maximum atomic E-state index is 13.6. The number of nitrogens with zero attached hydrogens (tertiary/aromatic N) is 2.